The van der Waals surface area contributed by atoms with Gasteiger partial charge in [0, 0.05) is 0 Å². The van der Waals surface area contributed by atoms with E-state index in [4.69, 9.17) is 4.42 Å². The summed E-state index contributed by atoms with van der Waals surface area (Å²) in [7, 11) is 0. The maximum Gasteiger partial charge on any atom is 0.242 e. The molecule has 7 heteroatoms. The molecule has 2 rings (SSSR count). The molecule has 7 nitrogen and oxygen atoms in total. The van der Waals surface area contributed by atoms with Crippen LogP contribution in [0.4, 0.5) is 0 Å². The molecule has 0 atom stereocenters. The fourth-order valence-electron chi connectivity index (χ4n) is 1.22. The number of hydrogen-bond acceptors (Lipinski definition) is 5. The molecule has 2 aromatic heterocycles. The van der Waals surface area contributed by atoms with Gasteiger partial charge in [0.15, 0.2) is 0 Å². The SMILES string of the molecule is Cc1ccc(CNC(=O)Cn2cnnn2)o1. The minimum absolute atomic E-state index is 0.104. The maximum absolute atomic E-state index is 11.4. The van der Waals surface area contributed by atoms with Crippen molar-refractivity contribution in [3.8, 4) is 0 Å². The van der Waals surface area contributed by atoms with Gasteiger partial charge in [-0.1, -0.05) is 0 Å². The van der Waals surface area contributed by atoms with Crippen LogP contribution in [0.1, 0.15) is 11.5 Å². The lowest BCUT2D eigenvalue weighted by atomic mass is 10.4. The van der Waals surface area contributed by atoms with E-state index in [1.165, 1.54) is 11.0 Å². The Labute approximate surface area is 91.4 Å². The van der Waals surface area contributed by atoms with E-state index in [0.717, 1.165) is 11.5 Å². The molecule has 0 radical (unpaired) electrons. The second-order valence-electron chi connectivity index (χ2n) is 3.30. The van der Waals surface area contributed by atoms with Crippen LogP contribution in [0.2, 0.25) is 0 Å². The summed E-state index contributed by atoms with van der Waals surface area (Å²) >= 11 is 0. The Kier molecular flexibility index (Phi) is 2.95. The molecule has 16 heavy (non-hydrogen) atoms. The number of furan rings is 1. The van der Waals surface area contributed by atoms with Gasteiger partial charge in [0.2, 0.25) is 5.91 Å². The van der Waals surface area contributed by atoms with Crippen molar-refractivity contribution >= 4 is 5.91 Å². The fourth-order valence-corrected chi connectivity index (χ4v) is 1.22. The van der Waals surface area contributed by atoms with Crippen LogP contribution in [0.3, 0.4) is 0 Å². The van der Waals surface area contributed by atoms with Crippen molar-refractivity contribution in [2.75, 3.05) is 0 Å². The third kappa shape index (κ3) is 2.66. The van der Waals surface area contributed by atoms with E-state index in [0.29, 0.717) is 6.54 Å². The molecule has 84 valence electrons. The molecule has 0 aliphatic carbocycles. The lowest BCUT2D eigenvalue weighted by Crippen LogP contribution is -2.27. The van der Waals surface area contributed by atoms with Gasteiger partial charge in [-0.05, 0) is 29.5 Å². The summed E-state index contributed by atoms with van der Waals surface area (Å²) in [6.45, 7) is 2.33. The van der Waals surface area contributed by atoms with Crippen molar-refractivity contribution in [3.05, 3.63) is 30.0 Å². The van der Waals surface area contributed by atoms with Gasteiger partial charge in [-0.15, -0.1) is 5.10 Å². The first kappa shape index (κ1) is 10.3. The molecule has 2 aromatic rings. The Morgan fingerprint density at radius 2 is 2.44 bits per heavy atom. The van der Waals surface area contributed by atoms with E-state index in [9.17, 15) is 4.79 Å². The van der Waals surface area contributed by atoms with E-state index in [-0.39, 0.29) is 12.5 Å². The van der Waals surface area contributed by atoms with Crippen LogP contribution in [-0.4, -0.2) is 26.1 Å². The quantitative estimate of drug-likeness (QED) is 0.778. The maximum atomic E-state index is 11.4. The van der Waals surface area contributed by atoms with Gasteiger partial charge in [-0.2, -0.15) is 0 Å². The lowest BCUT2D eigenvalue weighted by Gasteiger charge is -2.01. The molecule has 0 aromatic carbocycles. The van der Waals surface area contributed by atoms with Crippen LogP contribution in [0.15, 0.2) is 22.9 Å². The second kappa shape index (κ2) is 4.56. The van der Waals surface area contributed by atoms with Gasteiger partial charge in [0.1, 0.15) is 24.4 Å². The van der Waals surface area contributed by atoms with E-state index < -0.39 is 0 Å². The predicted octanol–water partition coefficient (Wildman–Crippen LogP) is -0.109. The largest absolute Gasteiger partial charge is 0.465 e. The second-order valence-corrected chi connectivity index (χ2v) is 3.30. The van der Waals surface area contributed by atoms with Crippen molar-refractivity contribution in [3.63, 3.8) is 0 Å². The zero-order valence-corrected chi connectivity index (χ0v) is 8.75. The normalized spacial score (nSPS) is 10.3. The first-order chi connectivity index (χ1) is 7.74. The molecule has 2 heterocycles. The topological polar surface area (TPSA) is 85.8 Å². The summed E-state index contributed by atoms with van der Waals surface area (Å²) in [5.74, 6) is 1.38. The Morgan fingerprint density at radius 1 is 1.56 bits per heavy atom. The summed E-state index contributed by atoms with van der Waals surface area (Å²) in [5.41, 5.74) is 0. The molecular formula is C9H11N5O2. The number of nitrogens with zero attached hydrogens (tertiary/aromatic N) is 4. The molecule has 0 saturated carbocycles. The number of rotatable bonds is 4. The van der Waals surface area contributed by atoms with Gasteiger partial charge in [-0.3, -0.25) is 4.79 Å². The molecule has 0 aliphatic rings. The van der Waals surface area contributed by atoms with Crippen molar-refractivity contribution in [2.24, 2.45) is 0 Å². The zero-order valence-electron chi connectivity index (χ0n) is 8.75. The molecule has 0 aliphatic heterocycles. The van der Waals surface area contributed by atoms with E-state index in [1.54, 1.807) is 0 Å². The van der Waals surface area contributed by atoms with Gasteiger partial charge in [0.25, 0.3) is 0 Å². The molecule has 0 unspecified atom stereocenters. The average Bonchev–Trinajstić information content (AvgIpc) is 2.87. The summed E-state index contributed by atoms with van der Waals surface area (Å²) < 4.78 is 6.66. The van der Waals surface area contributed by atoms with E-state index >= 15 is 0 Å². The Morgan fingerprint density at radius 3 is 3.06 bits per heavy atom. The van der Waals surface area contributed by atoms with Crippen LogP contribution in [0.5, 0.6) is 0 Å². The van der Waals surface area contributed by atoms with Gasteiger partial charge >= 0.3 is 0 Å². The number of carbonyl (C=O) groups excluding carboxylic acids is 1. The van der Waals surface area contributed by atoms with Crippen LogP contribution >= 0.6 is 0 Å². The standard InChI is InChI=1S/C9H11N5O2/c1-7-2-3-8(16-7)4-10-9(15)5-14-6-11-12-13-14/h2-3,6H,4-5H2,1H3,(H,10,15). The number of hydrogen-bond donors (Lipinski definition) is 1. The first-order valence-electron chi connectivity index (χ1n) is 4.77. The smallest absolute Gasteiger partial charge is 0.242 e. The molecule has 0 saturated heterocycles. The third-order valence-corrected chi connectivity index (χ3v) is 1.95. The summed E-state index contributed by atoms with van der Waals surface area (Å²) in [6.07, 6.45) is 1.39. The van der Waals surface area contributed by atoms with Crippen LogP contribution in [0.25, 0.3) is 0 Å². The number of nitrogens with one attached hydrogen (secondary N) is 1. The van der Waals surface area contributed by atoms with Crippen molar-refractivity contribution in [1.82, 2.24) is 25.5 Å². The van der Waals surface area contributed by atoms with Crippen LogP contribution < -0.4 is 5.32 Å². The van der Waals surface area contributed by atoms with Crippen molar-refractivity contribution < 1.29 is 9.21 Å². The number of amides is 1. The summed E-state index contributed by atoms with van der Waals surface area (Å²) in [5, 5.41) is 13.1. The number of carbonyl (C=O) groups is 1. The zero-order chi connectivity index (χ0) is 11.4. The van der Waals surface area contributed by atoms with Gasteiger partial charge in [0.05, 0.1) is 6.54 Å². The Balaban J connectivity index is 1.80. The monoisotopic (exact) mass is 221 g/mol. The summed E-state index contributed by atoms with van der Waals surface area (Å²) in [4.78, 5) is 11.4. The van der Waals surface area contributed by atoms with Crippen molar-refractivity contribution in [2.45, 2.75) is 20.0 Å². The van der Waals surface area contributed by atoms with E-state index in [2.05, 4.69) is 20.8 Å². The Hall–Kier alpha value is -2.18. The fraction of sp³-hybridized carbons (Fsp3) is 0.333. The molecule has 1 amide bonds. The average molecular weight is 221 g/mol. The number of tetrazole rings is 1. The minimum Gasteiger partial charge on any atom is -0.465 e. The highest BCUT2D eigenvalue weighted by Crippen LogP contribution is 2.05. The highest BCUT2D eigenvalue weighted by atomic mass is 16.3. The Bertz CT molecular complexity index is 462. The first-order valence-corrected chi connectivity index (χ1v) is 4.77. The van der Waals surface area contributed by atoms with Crippen LogP contribution in [0, 0.1) is 6.92 Å². The number of aryl methyl sites for hydroxylation is 1. The highest BCUT2D eigenvalue weighted by Gasteiger charge is 2.05. The summed E-state index contributed by atoms with van der Waals surface area (Å²) in [6, 6.07) is 3.68. The lowest BCUT2D eigenvalue weighted by molar-refractivity contribution is -0.122. The van der Waals surface area contributed by atoms with Gasteiger partial charge in [-0.25, -0.2) is 4.68 Å². The minimum atomic E-state index is -0.165. The molecule has 1 N–H and O–H groups in total. The molecular weight excluding hydrogens is 210 g/mol. The van der Waals surface area contributed by atoms with Crippen molar-refractivity contribution in [1.29, 1.82) is 0 Å². The number of aromatic nitrogens is 4. The van der Waals surface area contributed by atoms with E-state index in [1.807, 2.05) is 19.1 Å². The molecule has 0 bridgehead atoms. The third-order valence-electron chi connectivity index (χ3n) is 1.95. The molecule has 0 spiro atoms. The predicted molar refractivity (Wildman–Crippen MR) is 53.1 cm³/mol. The molecule has 0 fully saturated rings. The van der Waals surface area contributed by atoms with Crippen LogP contribution in [-0.2, 0) is 17.9 Å². The van der Waals surface area contributed by atoms with Gasteiger partial charge < -0.3 is 9.73 Å². The highest BCUT2D eigenvalue weighted by molar-refractivity contribution is 5.75.